The van der Waals surface area contributed by atoms with Crippen LogP contribution in [0.25, 0.3) is 5.65 Å². The molecule has 0 fully saturated rings. The highest BCUT2D eigenvalue weighted by Gasteiger charge is 2.36. The second-order valence-corrected chi connectivity index (χ2v) is 5.16. The van der Waals surface area contributed by atoms with E-state index >= 15 is 0 Å². The van der Waals surface area contributed by atoms with Gasteiger partial charge in [-0.05, 0) is 24.8 Å². The molecule has 0 aliphatic rings. The summed E-state index contributed by atoms with van der Waals surface area (Å²) in [6.07, 6.45) is -4.57. The van der Waals surface area contributed by atoms with Crippen LogP contribution in [0.15, 0.2) is 17.3 Å². The summed E-state index contributed by atoms with van der Waals surface area (Å²) in [5.74, 6) is -0.196. The molecular weight excluding hydrogens is 307 g/mol. The first-order chi connectivity index (χ1) is 9.90. The fourth-order valence-corrected chi connectivity index (χ4v) is 2.46. The minimum Gasteiger partial charge on any atom is -0.462 e. The largest absolute Gasteiger partial charge is 0.462 e. The van der Waals surface area contributed by atoms with E-state index in [0.717, 1.165) is 28.3 Å². The number of halogens is 3. The van der Waals surface area contributed by atoms with Crippen LogP contribution in [0.3, 0.4) is 0 Å². The van der Waals surface area contributed by atoms with E-state index in [-0.39, 0.29) is 23.0 Å². The molecule has 0 unspecified atom stereocenters. The van der Waals surface area contributed by atoms with Crippen molar-refractivity contribution in [3.05, 3.63) is 23.4 Å². The van der Waals surface area contributed by atoms with Crippen LogP contribution in [0.2, 0.25) is 0 Å². The van der Waals surface area contributed by atoms with Crippen LogP contribution in [-0.4, -0.2) is 32.9 Å². The lowest BCUT2D eigenvalue weighted by Gasteiger charge is -2.12. The van der Waals surface area contributed by atoms with Gasteiger partial charge in [0.15, 0.2) is 10.8 Å². The number of nitrogens with zero attached hydrogens (tertiary/aromatic N) is 3. The lowest BCUT2D eigenvalue weighted by atomic mass is 10.2. The Morgan fingerprint density at radius 2 is 2.05 bits per heavy atom. The van der Waals surface area contributed by atoms with Gasteiger partial charge in [0, 0.05) is 0 Å². The Kier molecular flexibility index (Phi) is 4.40. The number of alkyl halides is 3. The summed E-state index contributed by atoms with van der Waals surface area (Å²) in [7, 11) is 0. The molecule has 0 atom stereocenters. The van der Waals surface area contributed by atoms with E-state index < -0.39 is 17.8 Å². The maximum atomic E-state index is 13.1. The molecule has 0 saturated heterocycles. The molecule has 0 amide bonds. The van der Waals surface area contributed by atoms with Gasteiger partial charge in [0.1, 0.15) is 11.3 Å². The van der Waals surface area contributed by atoms with Gasteiger partial charge >= 0.3 is 12.1 Å². The van der Waals surface area contributed by atoms with Crippen molar-refractivity contribution in [3.63, 3.8) is 0 Å². The third kappa shape index (κ3) is 2.97. The monoisotopic (exact) mass is 319 g/mol. The number of ether oxygens (including phenoxy) is 1. The number of fused-ring (bicyclic) bond motifs is 1. The van der Waals surface area contributed by atoms with Crippen molar-refractivity contribution in [1.82, 2.24) is 14.6 Å². The zero-order valence-electron chi connectivity index (χ0n) is 11.3. The summed E-state index contributed by atoms with van der Waals surface area (Å²) >= 11 is 1.11. The average molecular weight is 319 g/mol. The SMILES string of the molecule is CCOC(=O)c1ccc(C(F)(F)F)n2c(SCC)nnc12. The van der Waals surface area contributed by atoms with E-state index in [0.29, 0.717) is 5.75 Å². The number of hydrogen-bond donors (Lipinski definition) is 0. The van der Waals surface area contributed by atoms with Gasteiger partial charge in [0.25, 0.3) is 0 Å². The van der Waals surface area contributed by atoms with Crippen molar-refractivity contribution >= 4 is 23.4 Å². The van der Waals surface area contributed by atoms with Gasteiger partial charge in [-0.25, -0.2) is 4.79 Å². The number of esters is 1. The lowest BCUT2D eigenvalue weighted by molar-refractivity contribution is -0.142. The van der Waals surface area contributed by atoms with Crippen molar-refractivity contribution in [2.45, 2.75) is 25.2 Å². The van der Waals surface area contributed by atoms with Crippen molar-refractivity contribution in [3.8, 4) is 0 Å². The third-order valence-electron chi connectivity index (χ3n) is 2.58. The molecule has 2 heterocycles. The molecule has 0 N–H and O–H groups in total. The molecule has 0 bridgehead atoms. The number of aromatic nitrogens is 3. The van der Waals surface area contributed by atoms with E-state index in [1.54, 1.807) is 13.8 Å². The molecule has 2 aromatic rings. The summed E-state index contributed by atoms with van der Waals surface area (Å²) < 4.78 is 45.0. The predicted molar refractivity (Wildman–Crippen MR) is 70.3 cm³/mol. The zero-order chi connectivity index (χ0) is 15.6. The van der Waals surface area contributed by atoms with E-state index in [4.69, 9.17) is 4.74 Å². The molecule has 114 valence electrons. The van der Waals surface area contributed by atoms with Gasteiger partial charge in [-0.3, -0.25) is 4.40 Å². The fourth-order valence-electron chi connectivity index (χ4n) is 1.78. The van der Waals surface area contributed by atoms with Gasteiger partial charge in [0.2, 0.25) is 0 Å². The first-order valence-electron chi connectivity index (χ1n) is 6.15. The minimum absolute atomic E-state index is 0.0414. The normalized spacial score (nSPS) is 11.9. The second-order valence-electron chi connectivity index (χ2n) is 3.93. The van der Waals surface area contributed by atoms with Crippen LogP contribution in [0, 0.1) is 0 Å². The van der Waals surface area contributed by atoms with Gasteiger partial charge in [-0.15, -0.1) is 10.2 Å². The fraction of sp³-hybridized carbons (Fsp3) is 0.417. The quantitative estimate of drug-likeness (QED) is 0.640. The van der Waals surface area contributed by atoms with Gasteiger partial charge in [0.05, 0.1) is 6.61 Å². The standard InChI is InChI=1S/C12H12F3N3O2S/c1-3-20-10(19)7-5-6-8(12(13,14)15)18-9(7)16-17-11(18)21-4-2/h5-6H,3-4H2,1-2H3. The highest BCUT2D eigenvalue weighted by Crippen LogP contribution is 2.33. The highest BCUT2D eigenvalue weighted by atomic mass is 32.2. The smallest absolute Gasteiger partial charge is 0.431 e. The molecule has 0 aliphatic carbocycles. The Morgan fingerprint density at radius 3 is 2.62 bits per heavy atom. The summed E-state index contributed by atoms with van der Waals surface area (Å²) in [5, 5.41) is 7.53. The van der Waals surface area contributed by atoms with Gasteiger partial charge < -0.3 is 4.74 Å². The number of carbonyl (C=O) groups excluding carboxylic acids is 1. The molecule has 0 aromatic carbocycles. The molecule has 2 rings (SSSR count). The van der Waals surface area contributed by atoms with Crippen LogP contribution >= 0.6 is 11.8 Å². The number of hydrogen-bond acceptors (Lipinski definition) is 5. The van der Waals surface area contributed by atoms with Crippen LogP contribution in [0.1, 0.15) is 29.9 Å². The van der Waals surface area contributed by atoms with Crippen LogP contribution in [0.4, 0.5) is 13.2 Å². The van der Waals surface area contributed by atoms with Crippen molar-refractivity contribution in [2.24, 2.45) is 0 Å². The molecular formula is C12H12F3N3O2S. The predicted octanol–water partition coefficient (Wildman–Crippen LogP) is 3.04. The molecule has 5 nitrogen and oxygen atoms in total. The molecule has 0 aliphatic heterocycles. The summed E-state index contributed by atoms with van der Waals surface area (Å²) in [6.45, 7) is 3.52. The van der Waals surface area contributed by atoms with E-state index in [9.17, 15) is 18.0 Å². The molecule has 0 radical (unpaired) electrons. The van der Waals surface area contributed by atoms with E-state index in [1.165, 1.54) is 0 Å². The highest BCUT2D eigenvalue weighted by molar-refractivity contribution is 7.99. The Balaban J connectivity index is 2.70. The van der Waals surface area contributed by atoms with Crippen LogP contribution in [-0.2, 0) is 10.9 Å². The first-order valence-corrected chi connectivity index (χ1v) is 7.14. The number of pyridine rings is 1. The van der Waals surface area contributed by atoms with E-state index in [2.05, 4.69) is 10.2 Å². The number of carbonyl (C=O) groups is 1. The minimum atomic E-state index is -4.57. The number of thioether (sulfide) groups is 1. The van der Waals surface area contributed by atoms with E-state index in [1.807, 2.05) is 0 Å². The summed E-state index contributed by atoms with van der Waals surface area (Å²) in [5.41, 5.74) is -1.12. The Hall–Kier alpha value is -1.77. The van der Waals surface area contributed by atoms with Gasteiger partial charge in [-0.1, -0.05) is 18.7 Å². The first kappa shape index (κ1) is 15.6. The molecule has 2 aromatic heterocycles. The van der Waals surface area contributed by atoms with Crippen molar-refractivity contribution in [2.75, 3.05) is 12.4 Å². The van der Waals surface area contributed by atoms with Crippen molar-refractivity contribution in [1.29, 1.82) is 0 Å². The van der Waals surface area contributed by atoms with Gasteiger partial charge in [-0.2, -0.15) is 13.2 Å². The topological polar surface area (TPSA) is 56.5 Å². The second kappa shape index (κ2) is 5.92. The zero-order valence-corrected chi connectivity index (χ0v) is 12.1. The van der Waals surface area contributed by atoms with Crippen molar-refractivity contribution < 1.29 is 22.7 Å². The third-order valence-corrected chi connectivity index (χ3v) is 3.39. The summed E-state index contributed by atoms with van der Waals surface area (Å²) in [4.78, 5) is 11.8. The Morgan fingerprint density at radius 1 is 1.33 bits per heavy atom. The van der Waals surface area contributed by atoms with Crippen LogP contribution < -0.4 is 0 Å². The molecule has 21 heavy (non-hydrogen) atoms. The molecule has 9 heteroatoms. The maximum absolute atomic E-state index is 13.1. The Bertz CT molecular complexity index is 670. The number of rotatable bonds is 4. The van der Waals surface area contributed by atoms with Crippen LogP contribution in [0.5, 0.6) is 0 Å². The average Bonchev–Trinajstić information content (AvgIpc) is 2.81. The molecule has 0 spiro atoms. The Labute approximate surface area is 122 Å². The maximum Gasteiger partial charge on any atom is 0.431 e. The lowest BCUT2D eigenvalue weighted by Crippen LogP contribution is -2.15. The molecule has 0 saturated carbocycles. The summed E-state index contributed by atoms with van der Waals surface area (Å²) in [6, 6.07) is 1.90.